The fourth-order valence-electron chi connectivity index (χ4n) is 5.82. The predicted molar refractivity (Wildman–Crippen MR) is 96.9 cm³/mol. The smallest absolute Gasteiger partial charge is 0.201 e. The van der Waals surface area contributed by atoms with Crippen molar-refractivity contribution in [2.75, 3.05) is 0 Å². The molecular formula is C21H36O5. The quantitative estimate of drug-likeness (QED) is 0.746. The molecule has 5 nitrogen and oxygen atoms in total. The Morgan fingerprint density at radius 3 is 2.50 bits per heavy atom. The van der Waals surface area contributed by atoms with Crippen molar-refractivity contribution in [3.05, 3.63) is 0 Å². The molecule has 1 aliphatic carbocycles. The van der Waals surface area contributed by atoms with Gasteiger partial charge in [0.05, 0.1) is 12.2 Å². The Bertz CT molecular complexity index is 545. The van der Waals surface area contributed by atoms with Gasteiger partial charge in [-0.2, -0.15) is 0 Å². The number of aliphatic hydroxyl groups excluding tert-OH is 1. The maximum atomic E-state index is 10.7. The van der Waals surface area contributed by atoms with Crippen LogP contribution in [0.5, 0.6) is 0 Å². The minimum absolute atomic E-state index is 0.0227. The van der Waals surface area contributed by atoms with Gasteiger partial charge in [-0.3, -0.25) is 0 Å². The van der Waals surface area contributed by atoms with Crippen LogP contribution in [-0.2, 0) is 19.2 Å². The van der Waals surface area contributed by atoms with Crippen molar-refractivity contribution in [1.29, 1.82) is 0 Å². The molecule has 9 atom stereocenters. The third kappa shape index (κ3) is 2.77. The minimum Gasteiger partial charge on any atom is -0.392 e. The third-order valence-electron chi connectivity index (χ3n) is 7.75. The first-order chi connectivity index (χ1) is 12.1. The highest BCUT2D eigenvalue weighted by Crippen LogP contribution is 2.60. The maximum Gasteiger partial charge on any atom is 0.201 e. The first kappa shape index (κ1) is 19.1. The van der Waals surface area contributed by atoms with E-state index < -0.39 is 23.8 Å². The van der Waals surface area contributed by atoms with E-state index in [0.717, 1.165) is 19.3 Å². The molecule has 0 radical (unpaired) electrons. The predicted octanol–water partition coefficient (Wildman–Crippen LogP) is 4.03. The number of rotatable bonds is 2. The molecule has 4 saturated heterocycles. The van der Waals surface area contributed by atoms with E-state index in [9.17, 15) is 5.11 Å². The molecule has 0 aromatic rings. The van der Waals surface area contributed by atoms with Gasteiger partial charge in [-0.1, -0.05) is 34.6 Å². The Kier molecular flexibility index (Phi) is 4.52. The van der Waals surface area contributed by atoms with E-state index in [1.54, 1.807) is 0 Å². The molecule has 0 aromatic heterocycles. The van der Waals surface area contributed by atoms with E-state index in [0.29, 0.717) is 30.1 Å². The molecule has 2 bridgehead atoms. The molecule has 26 heavy (non-hydrogen) atoms. The Balaban J connectivity index is 1.66. The summed E-state index contributed by atoms with van der Waals surface area (Å²) in [5.41, 5.74) is -0.660. The molecule has 1 saturated carbocycles. The van der Waals surface area contributed by atoms with Crippen LogP contribution in [0.3, 0.4) is 0 Å². The first-order valence-corrected chi connectivity index (χ1v) is 10.4. The van der Waals surface area contributed by atoms with Crippen molar-refractivity contribution in [3.8, 4) is 0 Å². The molecule has 5 rings (SSSR count). The molecule has 4 heterocycles. The normalized spacial score (nSPS) is 52.3. The Hall–Kier alpha value is -0.200. The highest BCUT2D eigenvalue weighted by Gasteiger charge is 2.69. The number of aliphatic hydroxyl groups is 1. The van der Waals surface area contributed by atoms with Crippen molar-refractivity contribution < 1.29 is 24.4 Å². The van der Waals surface area contributed by atoms with Crippen LogP contribution in [0.25, 0.3) is 0 Å². The molecule has 0 aromatic carbocycles. The monoisotopic (exact) mass is 368 g/mol. The molecule has 150 valence electrons. The molecule has 0 unspecified atom stereocenters. The molecule has 5 fully saturated rings. The van der Waals surface area contributed by atoms with Gasteiger partial charge in [0.2, 0.25) is 5.79 Å². The number of hydrogen-bond donors (Lipinski definition) is 1. The zero-order chi connectivity index (χ0) is 18.9. The number of fused-ring (bicyclic) bond motifs is 2. The van der Waals surface area contributed by atoms with Crippen LogP contribution >= 0.6 is 0 Å². The lowest BCUT2D eigenvalue weighted by Crippen LogP contribution is -2.70. The Morgan fingerprint density at radius 1 is 1.08 bits per heavy atom. The summed E-state index contributed by atoms with van der Waals surface area (Å²) >= 11 is 0. The van der Waals surface area contributed by atoms with Crippen molar-refractivity contribution >= 4 is 0 Å². The lowest BCUT2D eigenvalue weighted by molar-refractivity contribution is -0.571. The minimum atomic E-state index is -0.731. The molecule has 4 aliphatic heterocycles. The summed E-state index contributed by atoms with van der Waals surface area (Å²) in [5, 5.41) is 10.7. The summed E-state index contributed by atoms with van der Waals surface area (Å²) < 4.78 is 12.9. The van der Waals surface area contributed by atoms with Crippen LogP contribution in [-0.4, -0.2) is 35.0 Å². The maximum absolute atomic E-state index is 10.7. The van der Waals surface area contributed by atoms with Gasteiger partial charge in [-0.15, -0.1) is 0 Å². The Morgan fingerprint density at radius 2 is 1.81 bits per heavy atom. The fraction of sp³-hybridized carbons (Fsp3) is 1.00. The largest absolute Gasteiger partial charge is 0.392 e. The van der Waals surface area contributed by atoms with E-state index >= 15 is 0 Å². The third-order valence-corrected chi connectivity index (χ3v) is 7.75. The average molecular weight is 369 g/mol. The van der Waals surface area contributed by atoms with Crippen LogP contribution in [0, 0.1) is 29.1 Å². The second-order valence-electron chi connectivity index (χ2n) is 10.6. The van der Waals surface area contributed by atoms with Crippen molar-refractivity contribution in [1.82, 2.24) is 0 Å². The molecular weight excluding hydrogens is 332 g/mol. The summed E-state index contributed by atoms with van der Waals surface area (Å²) in [6.45, 7) is 12.8. The first-order valence-electron chi connectivity index (χ1n) is 10.4. The standard InChI is InChI=1S/C21H36O5/c1-12-7-8-15-13(2)16(11-17(22)19(3,4)5)23-18-21(15)14(12)9-10-20(6,24-18)25-26-21/h12-18,22H,7-11H2,1-6H3/t12-,13-,14+,15+,16-,17-,18-,20-,21-/m1/s1. The van der Waals surface area contributed by atoms with Gasteiger partial charge in [0, 0.05) is 18.8 Å². The van der Waals surface area contributed by atoms with E-state index in [1.165, 1.54) is 6.42 Å². The molecule has 1 N–H and O–H groups in total. The van der Waals surface area contributed by atoms with Crippen LogP contribution in [0.1, 0.15) is 73.6 Å². The van der Waals surface area contributed by atoms with Crippen molar-refractivity contribution in [3.63, 3.8) is 0 Å². The van der Waals surface area contributed by atoms with Crippen molar-refractivity contribution in [2.45, 2.75) is 104 Å². The molecule has 1 spiro atoms. The second-order valence-corrected chi connectivity index (χ2v) is 10.6. The van der Waals surface area contributed by atoms with Crippen molar-refractivity contribution in [2.24, 2.45) is 29.1 Å². The van der Waals surface area contributed by atoms with Crippen LogP contribution in [0.2, 0.25) is 0 Å². The number of ether oxygens (including phenoxy) is 2. The highest BCUT2D eigenvalue weighted by molar-refractivity contribution is 5.10. The van der Waals surface area contributed by atoms with Gasteiger partial charge < -0.3 is 14.6 Å². The fourth-order valence-corrected chi connectivity index (χ4v) is 5.82. The SMILES string of the molecule is C[C@H]1[C@@H](C[C@@H](O)C(C)(C)C)O[C@@H]2O[C@@]3(C)CC[C@H]4[C@H](C)CC[C@@H]1[C@@]24OO3. The summed E-state index contributed by atoms with van der Waals surface area (Å²) in [6, 6.07) is 0. The van der Waals surface area contributed by atoms with E-state index in [-0.39, 0.29) is 11.5 Å². The zero-order valence-electron chi connectivity index (χ0n) is 17.2. The van der Waals surface area contributed by atoms with E-state index in [1.807, 2.05) is 6.92 Å². The topological polar surface area (TPSA) is 57.2 Å². The van der Waals surface area contributed by atoms with Gasteiger partial charge in [0.1, 0.15) is 0 Å². The summed E-state index contributed by atoms with van der Waals surface area (Å²) in [5.74, 6) is 0.876. The van der Waals surface area contributed by atoms with E-state index in [2.05, 4.69) is 34.6 Å². The van der Waals surface area contributed by atoms with Gasteiger partial charge in [-0.25, -0.2) is 9.78 Å². The highest BCUT2D eigenvalue weighted by atomic mass is 17.3. The lowest BCUT2D eigenvalue weighted by atomic mass is 9.57. The van der Waals surface area contributed by atoms with Crippen LogP contribution in [0.15, 0.2) is 0 Å². The van der Waals surface area contributed by atoms with Gasteiger partial charge in [0.15, 0.2) is 11.9 Å². The zero-order valence-corrected chi connectivity index (χ0v) is 17.2. The summed E-state index contributed by atoms with van der Waals surface area (Å²) in [7, 11) is 0. The van der Waals surface area contributed by atoms with E-state index in [4.69, 9.17) is 19.2 Å². The lowest BCUT2D eigenvalue weighted by Gasteiger charge is -2.60. The Labute approximate surface area is 157 Å². The summed E-state index contributed by atoms with van der Waals surface area (Å²) in [4.78, 5) is 12.0. The number of hydrogen-bond acceptors (Lipinski definition) is 5. The van der Waals surface area contributed by atoms with Gasteiger partial charge >= 0.3 is 0 Å². The molecule has 5 aliphatic rings. The molecule has 5 heteroatoms. The van der Waals surface area contributed by atoms with Crippen LogP contribution < -0.4 is 0 Å². The average Bonchev–Trinajstić information content (AvgIpc) is 2.77. The van der Waals surface area contributed by atoms with Gasteiger partial charge in [-0.05, 0) is 49.4 Å². The van der Waals surface area contributed by atoms with Crippen LogP contribution in [0.4, 0.5) is 0 Å². The second kappa shape index (κ2) is 6.15. The molecule has 0 amide bonds. The van der Waals surface area contributed by atoms with Gasteiger partial charge in [0.25, 0.3) is 0 Å². The summed E-state index contributed by atoms with van der Waals surface area (Å²) in [6.07, 6.45) is 4.00.